The van der Waals surface area contributed by atoms with Crippen molar-refractivity contribution in [3.63, 3.8) is 0 Å². The van der Waals surface area contributed by atoms with Gasteiger partial charge in [0.1, 0.15) is 5.82 Å². The van der Waals surface area contributed by atoms with Gasteiger partial charge < -0.3 is 5.11 Å². The van der Waals surface area contributed by atoms with E-state index in [4.69, 9.17) is 0 Å². The van der Waals surface area contributed by atoms with Crippen molar-refractivity contribution in [2.45, 2.75) is 51.0 Å². The molecule has 1 aromatic rings. The molecule has 2 rings (SSSR count). The van der Waals surface area contributed by atoms with E-state index in [2.05, 4.69) is 15.9 Å². The molecular weight excluding hydrogens is 295 g/mol. The summed E-state index contributed by atoms with van der Waals surface area (Å²) in [6.07, 6.45) is 7.43. The predicted octanol–water partition coefficient (Wildman–Crippen LogP) is 4.98. The molecule has 0 aliphatic heterocycles. The molecule has 0 heterocycles. The molecule has 0 saturated heterocycles. The Balaban J connectivity index is 2.12. The Bertz CT molecular complexity index is 386. The van der Waals surface area contributed by atoms with Gasteiger partial charge in [0.15, 0.2) is 0 Å². The Hall–Kier alpha value is -0.410. The number of rotatable bonds is 2. The third-order valence-electron chi connectivity index (χ3n) is 3.87. The van der Waals surface area contributed by atoms with Crippen LogP contribution in [-0.4, -0.2) is 5.11 Å². The third kappa shape index (κ3) is 3.55. The Morgan fingerprint density at radius 1 is 1.11 bits per heavy atom. The molecule has 1 N–H and O–H groups in total. The molecule has 0 amide bonds. The van der Waals surface area contributed by atoms with Crippen molar-refractivity contribution >= 4 is 15.9 Å². The lowest BCUT2D eigenvalue weighted by molar-refractivity contribution is 0.0879. The lowest BCUT2D eigenvalue weighted by atomic mass is 9.84. The number of benzene rings is 1. The number of aliphatic hydroxyl groups is 1. The fraction of sp³-hybridized carbons (Fsp3) is 0.600. The second-order valence-electron chi connectivity index (χ2n) is 5.22. The highest BCUT2D eigenvalue weighted by atomic mass is 79.9. The minimum Gasteiger partial charge on any atom is -0.388 e. The summed E-state index contributed by atoms with van der Waals surface area (Å²) in [7, 11) is 0. The normalized spacial score (nSPS) is 20.2. The summed E-state index contributed by atoms with van der Waals surface area (Å²) in [5.41, 5.74) is 0.440. The molecule has 0 aromatic heterocycles. The van der Waals surface area contributed by atoms with Crippen LogP contribution in [0.4, 0.5) is 4.39 Å². The molecule has 0 bridgehead atoms. The first-order valence-electron chi connectivity index (χ1n) is 6.81. The van der Waals surface area contributed by atoms with E-state index in [1.807, 2.05) is 0 Å². The van der Waals surface area contributed by atoms with Gasteiger partial charge in [0.05, 0.1) is 6.10 Å². The van der Waals surface area contributed by atoms with Crippen molar-refractivity contribution in [2.24, 2.45) is 5.92 Å². The molecule has 1 aliphatic carbocycles. The van der Waals surface area contributed by atoms with Crippen LogP contribution in [0.25, 0.3) is 0 Å². The highest BCUT2D eigenvalue weighted by Gasteiger charge is 2.24. The second-order valence-corrected chi connectivity index (χ2v) is 6.13. The van der Waals surface area contributed by atoms with Gasteiger partial charge in [-0.3, -0.25) is 0 Å². The molecule has 3 heteroatoms. The van der Waals surface area contributed by atoms with Gasteiger partial charge in [0, 0.05) is 10.0 Å². The first kappa shape index (κ1) is 14.0. The Morgan fingerprint density at radius 3 is 2.39 bits per heavy atom. The summed E-state index contributed by atoms with van der Waals surface area (Å²) in [6.45, 7) is 0. The molecule has 1 aromatic carbocycles. The highest BCUT2D eigenvalue weighted by molar-refractivity contribution is 9.10. The number of hydrogen-bond acceptors (Lipinski definition) is 1. The minimum absolute atomic E-state index is 0.203. The average molecular weight is 315 g/mol. The Kier molecular flexibility index (Phi) is 5.19. The molecule has 18 heavy (non-hydrogen) atoms. The van der Waals surface area contributed by atoms with Crippen LogP contribution < -0.4 is 0 Å². The van der Waals surface area contributed by atoms with Gasteiger partial charge >= 0.3 is 0 Å². The summed E-state index contributed by atoms with van der Waals surface area (Å²) in [4.78, 5) is 0. The van der Waals surface area contributed by atoms with Gasteiger partial charge in [-0.05, 0) is 37.0 Å². The van der Waals surface area contributed by atoms with Gasteiger partial charge in [-0.1, -0.05) is 48.0 Å². The van der Waals surface area contributed by atoms with Crippen LogP contribution in [0, 0.1) is 11.7 Å². The number of aliphatic hydroxyl groups excluding tert-OH is 1. The van der Waals surface area contributed by atoms with Crippen molar-refractivity contribution in [3.05, 3.63) is 34.1 Å². The van der Waals surface area contributed by atoms with Crippen molar-refractivity contribution in [2.75, 3.05) is 0 Å². The first-order chi connectivity index (χ1) is 8.68. The van der Waals surface area contributed by atoms with Gasteiger partial charge in [-0.15, -0.1) is 0 Å². The zero-order valence-corrected chi connectivity index (χ0v) is 12.1. The second kappa shape index (κ2) is 6.67. The quantitative estimate of drug-likeness (QED) is 0.816. The molecule has 0 spiro atoms. The Labute approximate surface area is 117 Å². The van der Waals surface area contributed by atoms with Crippen molar-refractivity contribution in [3.8, 4) is 0 Å². The third-order valence-corrected chi connectivity index (χ3v) is 4.37. The van der Waals surface area contributed by atoms with E-state index in [1.165, 1.54) is 25.3 Å². The lowest BCUT2D eigenvalue weighted by Crippen LogP contribution is -2.15. The van der Waals surface area contributed by atoms with Crippen molar-refractivity contribution < 1.29 is 9.50 Å². The van der Waals surface area contributed by atoms with Crippen LogP contribution in [0.5, 0.6) is 0 Å². The molecule has 1 atom stereocenters. The number of hydrogen-bond donors (Lipinski definition) is 1. The van der Waals surface area contributed by atoms with E-state index in [1.54, 1.807) is 12.1 Å². The van der Waals surface area contributed by atoms with Gasteiger partial charge in [0.25, 0.3) is 0 Å². The smallest absolute Gasteiger partial charge is 0.129 e. The van der Waals surface area contributed by atoms with Crippen LogP contribution in [0.2, 0.25) is 0 Å². The first-order valence-corrected chi connectivity index (χ1v) is 7.61. The summed E-state index contributed by atoms with van der Waals surface area (Å²) in [5.74, 6) is -0.0955. The van der Waals surface area contributed by atoms with Gasteiger partial charge in [0.2, 0.25) is 0 Å². The van der Waals surface area contributed by atoms with Crippen LogP contribution >= 0.6 is 15.9 Å². The molecule has 1 aliphatic rings. The van der Waals surface area contributed by atoms with Crippen LogP contribution in [0.15, 0.2) is 22.7 Å². The molecular formula is C15H20BrFO. The van der Waals surface area contributed by atoms with E-state index in [-0.39, 0.29) is 11.7 Å². The van der Waals surface area contributed by atoms with E-state index < -0.39 is 6.10 Å². The number of halogens is 2. The Morgan fingerprint density at radius 2 is 1.72 bits per heavy atom. The van der Waals surface area contributed by atoms with Crippen LogP contribution in [0.3, 0.4) is 0 Å². The van der Waals surface area contributed by atoms with E-state index in [0.717, 1.165) is 30.2 Å². The maximum atomic E-state index is 13.8. The molecule has 0 radical (unpaired) electrons. The standard InChI is InChI=1S/C15H20BrFO/c16-12-8-9-14(17)13(10-12)15(18)11-6-4-2-1-3-5-7-11/h8-11,15,18H,1-7H2. The van der Waals surface area contributed by atoms with E-state index in [9.17, 15) is 9.50 Å². The van der Waals surface area contributed by atoms with E-state index >= 15 is 0 Å². The largest absolute Gasteiger partial charge is 0.388 e. The maximum Gasteiger partial charge on any atom is 0.129 e. The fourth-order valence-corrected chi connectivity index (χ4v) is 3.18. The SMILES string of the molecule is OC(c1cc(Br)ccc1F)C1CCCCCCC1. The molecule has 1 unspecified atom stereocenters. The van der Waals surface area contributed by atoms with Gasteiger partial charge in [-0.25, -0.2) is 4.39 Å². The maximum absolute atomic E-state index is 13.8. The van der Waals surface area contributed by atoms with Crippen LogP contribution in [0.1, 0.15) is 56.6 Å². The summed E-state index contributed by atoms with van der Waals surface area (Å²) in [6, 6.07) is 4.80. The summed E-state index contributed by atoms with van der Waals surface area (Å²) >= 11 is 3.34. The summed E-state index contributed by atoms with van der Waals surface area (Å²) in [5, 5.41) is 10.4. The molecule has 1 fully saturated rings. The topological polar surface area (TPSA) is 20.2 Å². The van der Waals surface area contributed by atoms with Crippen molar-refractivity contribution in [1.82, 2.24) is 0 Å². The van der Waals surface area contributed by atoms with Gasteiger partial charge in [-0.2, -0.15) is 0 Å². The predicted molar refractivity (Wildman–Crippen MR) is 74.9 cm³/mol. The fourth-order valence-electron chi connectivity index (χ4n) is 2.80. The molecule has 1 nitrogen and oxygen atoms in total. The average Bonchev–Trinajstić information content (AvgIpc) is 2.31. The lowest BCUT2D eigenvalue weighted by Gasteiger charge is -2.25. The van der Waals surface area contributed by atoms with E-state index in [0.29, 0.717) is 5.56 Å². The van der Waals surface area contributed by atoms with Crippen LogP contribution in [-0.2, 0) is 0 Å². The minimum atomic E-state index is -0.666. The van der Waals surface area contributed by atoms with Crippen molar-refractivity contribution in [1.29, 1.82) is 0 Å². The molecule has 1 saturated carbocycles. The molecule has 100 valence electrons. The monoisotopic (exact) mass is 314 g/mol. The summed E-state index contributed by atoms with van der Waals surface area (Å²) < 4.78 is 14.6. The highest BCUT2D eigenvalue weighted by Crippen LogP contribution is 2.34. The zero-order chi connectivity index (χ0) is 13.0. The zero-order valence-electron chi connectivity index (χ0n) is 10.5.